The quantitative estimate of drug-likeness (QED) is 0.807. The van der Waals surface area contributed by atoms with Crippen LogP contribution in [0.5, 0.6) is 0 Å². The lowest BCUT2D eigenvalue weighted by atomic mass is 10.1. The maximum Gasteiger partial charge on any atom is 0.196 e. The average Bonchev–Trinajstić information content (AvgIpc) is 2.76. The van der Waals surface area contributed by atoms with Crippen molar-refractivity contribution in [1.29, 1.82) is 0 Å². The molecule has 0 saturated heterocycles. The molecule has 0 spiro atoms. The number of guanidine groups is 1. The number of nitrogens with two attached hydrogens (primary N) is 1. The van der Waals surface area contributed by atoms with Gasteiger partial charge in [-0.25, -0.2) is 0 Å². The third kappa shape index (κ3) is 1.72. The van der Waals surface area contributed by atoms with Gasteiger partial charge in [0.15, 0.2) is 5.96 Å². The Kier molecular flexibility index (Phi) is 2.69. The molecule has 0 radical (unpaired) electrons. The van der Waals surface area contributed by atoms with Gasteiger partial charge in [0, 0.05) is 14.8 Å². The first kappa shape index (κ1) is 12.1. The number of rotatable bonds is 0. The summed E-state index contributed by atoms with van der Waals surface area (Å²) in [5.74, 6) is 0.566. The molecule has 0 aliphatic carbocycles. The first-order chi connectivity index (χ1) is 9.74. The lowest BCUT2D eigenvalue weighted by Crippen LogP contribution is -2.36. The maximum atomic E-state index is 6.16. The number of anilines is 1. The third-order valence-electron chi connectivity index (χ3n) is 3.66. The Bertz CT molecular complexity index is 729. The monoisotopic (exact) mass is 301 g/mol. The summed E-state index contributed by atoms with van der Waals surface area (Å²) in [5.41, 5.74) is 8.42. The van der Waals surface area contributed by atoms with Crippen LogP contribution in [0, 0.1) is 0 Å². The average molecular weight is 302 g/mol. The van der Waals surface area contributed by atoms with Crippen molar-refractivity contribution in [3.63, 3.8) is 0 Å². The second-order valence-corrected chi connectivity index (χ2v) is 6.36. The van der Waals surface area contributed by atoms with Crippen LogP contribution in [0.2, 0.25) is 5.02 Å². The van der Waals surface area contributed by atoms with Gasteiger partial charge in [-0.05, 0) is 29.8 Å². The molecule has 0 bridgehead atoms. The summed E-state index contributed by atoms with van der Waals surface area (Å²) in [6.07, 6.45) is 0. The Balaban J connectivity index is 1.98. The van der Waals surface area contributed by atoms with Gasteiger partial charge >= 0.3 is 0 Å². The Morgan fingerprint density at radius 2 is 2.05 bits per heavy atom. The van der Waals surface area contributed by atoms with Crippen molar-refractivity contribution in [1.82, 2.24) is 0 Å². The van der Waals surface area contributed by atoms with Crippen molar-refractivity contribution in [3.05, 3.63) is 53.1 Å². The van der Waals surface area contributed by atoms with Crippen LogP contribution in [0.3, 0.4) is 0 Å². The number of hydrogen-bond donors (Lipinski definition) is 1. The largest absolute Gasteiger partial charge is 0.369 e. The molecular weight excluding hydrogens is 290 g/mol. The Morgan fingerprint density at radius 1 is 1.20 bits per heavy atom. The number of fused-ring (bicyclic) bond motifs is 5. The molecule has 0 amide bonds. The van der Waals surface area contributed by atoms with E-state index < -0.39 is 0 Å². The minimum absolute atomic E-state index is 0.165. The van der Waals surface area contributed by atoms with E-state index in [0.717, 1.165) is 10.6 Å². The molecule has 2 aromatic carbocycles. The predicted octanol–water partition coefficient (Wildman–Crippen LogP) is 3.68. The van der Waals surface area contributed by atoms with Crippen LogP contribution in [0.15, 0.2) is 57.2 Å². The van der Waals surface area contributed by atoms with Crippen LogP contribution in [0.4, 0.5) is 5.69 Å². The summed E-state index contributed by atoms with van der Waals surface area (Å²) >= 11 is 7.92. The lowest BCUT2D eigenvalue weighted by Gasteiger charge is -2.26. The third-order valence-corrected chi connectivity index (χ3v) is 5.06. The molecule has 3 nitrogen and oxygen atoms in total. The molecule has 2 aromatic rings. The van der Waals surface area contributed by atoms with Gasteiger partial charge in [0.25, 0.3) is 0 Å². The van der Waals surface area contributed by atoms with Crippen LogP contribution in [-0.4, -0.2) is 12.5 Å². The molecule has 4 rings (SSSR count). The minimum Gasteiger partial charge on any atom is -0.369 e. The fourth-order valence-electron chi connectivity index (χ4n) is 2.76. The Morgan fingerprint density at radius 3 is 2.95 bits per heavy atom. The Hall–Kier alpha value is -1.65. The van der Waals surface area contributed by atoms with Gasteiger partial charge in [-0.15, -0.1) is 0 Å². The highest BCUT2D eigenvalue weighted by molar-refractivity contribution is 7.99. The van der Waals surface area contributed by atoms with Gasteiger partial charge < -0.3 is 10.6 Å². The molecule has 1 unspecified atom stereocenters. The summed E-state index contributed by atoms with van der Waals surface area (Å²) in [6.45, 7) is 0.690. The van der Waals surface area contributed by atoms with E-state index in [9.17, 15) is 0 Å². The van der Waals surface area contributed by atoms with Gasteiger partial charge in [0.2, 0.25) is 0 Å². The van der Waals surface area contributed by atoms with E-state index in [-0.39, 0.29) is 6.04 Å². The topological polar surface area (TPSA) is 41.6 Å². The molecule has 2 N–H and O–H groups in total. The van der Waals surface area contributed by atoms with Crippen molar-refractivity contribution in [2.45, 2.75) is 15.8 Å². The van der Waals surface area contributed by atoms with Crippen LogP contribution in [0.25, 0.3) is 0 Å². The van der Waals surface area contributed by atoms with Crippen molar-refractivity contribution in [2.24, 2.45) is 10.7 Å². The Labute approximate surface area is 126 Å². The van der Waals surface area contributed by atoms with Crippen molar-refractivity contribution >= 4 is 35.0 Å². The normalized spacial score (nSPS) is 19.8. The first-order valence-electron chi connectivity index (χ1n) is 6.39. The second-order valence-electron chi connectivity index (χ2n) is 4.84. The molecule has 2 aliphatic heterocycles. The highest BCUT2D eigenvalue weighted by atomic mass is 35.5. The van der Waals surface area contributed by atoms with Gasteiger partial charge in [-0.2, -0.15) is 0 Å². The molecule has 2 aliphatic rings. The summed E-state index contributed by atoms with van der Waals surface area (Å²) in [7, 11) is 0. The molecule has 20 heavy (non-hydrogen) atoms. The lowest BCUT2D eigenvalue weighted by molar-refractivity contribution is 0.753. The number of hydrogen-bond acceptors (Lipinski definition) is 4. The molecule has 100 valence electrons. The summed E-state index contributed by atoms with van der Waals surface area (Å²) in [5, 5.41) is 0.716. The predicted molar refractivity (Wildman–Crippen MR) is 83.7 cm³/mol. The standard InChI is InChI=1S/C15H12ClN3S/c16-9-5-6-14-11(7-9)19-12(8-18-15(19)17)10-3-1-2-4-13(10)20-14/h1-7,12H,8H2,(H2,17,18). The number of benzene rings is 2. The summed E-state index contributed by atoms with van der Waals surface area (Å²) < 4.78 is 0. The SMILES string of the molecule is NC1=NCC2c3ccccc3Sc3ccc(Cl)cc3N12. The van der Waals surface area contributed by atoms with Crippen molar-refractivity contribution in [3.8, 4) is 0 Å². The van der Waals surface area contributed by atoms with E-state index in [2.05, 4.69) is 34.2 Å². The van der Waals surface area contributed by atoms with E-state index in [1.54, 1.807) is 11.8 Å². The zero-order valence-corrected chi connectivity index (χ0v) is 12.2. The summed E-state index contributed by atoms with van der Waals surface area (Å²) in [6, 6.07) is 14.5. The molecule has 5 heteroatoms. The molecule has 0 saturated carbocycles. The zero-order chi connectivity index (χ0) is 13.7. The molecule has 0 aromatic heterocycles. The van der Waals surface area contributed by atoms with Crippen molar-refractivity contribution in [2.75, 3.05) is 11.4 Å². The fraction of sp³-hybridized carbons (Fsp3) is 0.133. The van der Waals surface area contributed by atoms with E-state index in [1.807, 2.05) is 18.2 Å². The van der Waals surface area contributed by atoms with Gasteiger partial charge in [-0.3, -0.25) is 4.99 Å². The van der Waals surface area contributed by atoms with E-state index in [4.69, 9.17) is 17.3 Å². The van der Waals surface area contributed by atoms with Gasteiger partial charge in [-0.1, -0.05) is 41.6 Å². The van der Waals surface area contributed by atoms with Crippen LogP contribution >= 0.6 is 23.4 Å². The molecule has 0 fully saturated rings. The van der Waals surface area contributed by atoms with Gasteiger partial charge in [0.05, 0.1) is 18.3 Å². The zero-order valence-electron chi connectivity index (χ0n) is 10.6. The second kappa shape index (κ2) is 4.43. The minimum atomic E-state index is 0.165. The number of aliphatic imine (C=N–C) groups is 1. The highest BCUT2D eigenvalue weighted by Gasteiger charge is 2.34. The summed E-state index contributed by atoms with van der Waals surface area (Å²) in [4.78, 5) is 8.93. The van der Waals surface area contributed by atoms with Gasteiger partial charge in [0.1, 0.15) is 0 Å². The van der Waals surface area contributed by atoms with E-state index in [0.29, 0.717) is 17.5 Å². The van der Waals surface area contributed by atoms with Crippen molar-refractivity contribution < 1.29 is 0 Å². The van der Waals surface area contributed by atoms with Crippen LogP contribution in [0.1, 0.15) is 11.6 Å². The molecule has 2 heterocycles. The van der Waals surface area contributed by atoms with E-state index in [1.165, 1.54) is 10.5 Å². The maximum absolute atomic E-state index is 6.16. The smallest absolute Gasteiger partial charge is 0.196 e. The molecular formula is C15H12ClN3S. The first-order valence-corrected chi connectivity index (χ1v) is 7.59. The number of nitrogens with zero attached hydrogens (tertiary/aromatic N) is 2. The highest BCUT2D eigenvalue weighted by Crippen LogP contribution is 2.47. The van der Waals surface area contributed by atoms with E-state index >= 15 is 0 Å². The van der Waals surface area contributed by atoms with Crippen LogP contribution < -0.4 is 10.6 Å². The molecule has 1 atom stereocenters. The fourth-order valence-corrected chi connectivity index (χ4v) is 4.03. The van der Waals surface area contributed by atoms with Crippen LogP contribution in [-0.2, 0) is 0 Å². The number of halogens is 1.